The second-order valence-electron chi connectivity index (χ2n) is 9.80. The highest BCUT2D eigenvalue weighted by Crippen LogP contribution is 2.26. The molecule has 0 saturated heterocycles. The molecule has 0 aliphatic carbocycles. The quantitative estimate of drug-likeness (QED) is 0.167. The van der Waals surface area contributed by atoms with Crippen molar-refractivity contribution in [1.29, 1.82) is 0 Å². The van der Waals surface area contributed by atoms with E-state index in [0.29, 0.717) is 27.7 Å². The minimum Gasteiger partial charge on any atom is -0.484 e. The molecule has 43 heavy (non-hydrogen) atoms. The highest BCUT2D eigenvalue weighted by Gasteiger charge is 2.27. The van der Waals surface area contributed by atoms with Crippen LogP contribution in [0.4, 0.5) is 11.4 Å². The summed E-state index contributed by atoms with van der Waals surface area (Å²) in [5, 5.41) is 7.14. The lowest BCUT2D eigenvalue weighted by Gasteiger charge is -2.24. The topological polar surface area (TPSA) is 117 Å². The molecule has 4 aromatic carbocycles. The van der Waals surface area contributed by atoms with Crippen LogP contribution in [0.1, 0.15) is 22.3 Å². The number of sulfonamides is 1. The monoisotopic (exact) mass is 618 g/mol. The Bertz CT molecular complexity index is 1720. The number of hydrogen-bond donors (Lipinski definition) is 2. The Morgan fingerprint density at radius 1 is 0.860 bits per heavy atom. The Kier molecular flexibility index (Phi) is 10.2. The molecule has 0 heterocycles. The van der Waals surface area contributed by atoms with Crippen LogP contribution in [0.15, 0.2) is 101 Å². The highest BCUT2D eigenvalue weighted by atomic mass is 35.5. The number of aryl methyl sites for hydroxylation is 3. The first-order valence-electron chi connectivity index (χ1n) is 13.3. The van der Waals surface area contributed by atoms with Gasteiger partial charge in [0, 0.05) is 10.7 Å². The molecule has 2 amide bonds. The maximum Gasteiger partial charge on any atom is 0.264 e. The smallest absolute Gasteiger partial charge is 0.264 e. The van der Waals surface area contributed by atoms with Crippen molar-refractivity contribution in [3.63, 3.8) is 0 Å². The molecule has 11 heteroatoms. The Morgan fingerprint density at radius 3 is 2.19 bits per heavy atom. The number of benzene rings is 4. The molecule has 2 N–H and O–H groups in total. The van der Waals surface area contributed by atoms with Crippen molar-refractivity contribution in [2.45, 2.75) is 25.7 Å². The molecule has 0 saturated carbocycles. The van der Waals surface area contributed by atoms with E-state index in [9.17, 15) is 18.0 Å². The van der Waals surface area contributed by atoms with Crippen LogP contribution < -0.4 is 19.8 Å². The molecular formula is C32H31ClN4O5S. The lowest BCUT2D eigenvalue weighted by Crippen LogP contribution is -2.39. The maximum absolute atomic E-state index is 13.5. The van der Waals surface area contributed by atoms with Crippen molar-refractivity contribution >= 4 is 51.0 Å². The molecule has 222 valence electrons. The summed E-state index contributed by atoms with van der Waals surface area (Å²) in [6.07, 6.45) is 1.42. The first-order valence-corrected chi connectivity index (χ1v) is 15.1. The molecule has 0 bridgehead atoms. The molecule has 0 aromatic heterocycles. The van der Waals surface area contributed by atoms with Crippen molar-refractivity contribution in [2.24, 2.45) is 5.10 Å². The Labute approximate surface area is 256 Å². The summed E-state index contributed by atoms with van der Waals surface area (Å²) in [6, 6.07) is 25.1. The molecule has 4 rings (SSSR count). The van der Waals surface area contributed by atoms with Crippen molar-refractivity contribution in [3.8, 4) is 5.75 Å². The van der Waals surface area contributed by atoms with Gasteiger partial charge in [0.25, 0.3) is 21.8 Å². The van der Waals surface area contributed by atoms with Gasteiger partial charge in [-0.2, -0.15) is 5.10 Å². The first-order chi connectivity index (χ1) is 20.5. The fourth-order valence-corrected chi connectivity index (χ4v) is 5.45. The van der Waals surface area contributed by atoms with E-state index < -0.39 is 22.5 Å². The van der Waals surface area contributed by atoms with Gasteiger partial charge in [-0.05, 0) is 110 Å². The summed E-state index contributed by atoms with van der Waals surface area (Å²) in [5.74, 6) is -0.437. The van der Waals surface area contributed by atoms with Gasteiger partial charge in [-0.25, -0.2) is 13.8 Å². The summed E-state index contributed by atoms with van der Waals surface area (Å²) >= 11 is 5.95. The largest absolute Gasteiger partial charge is 0.484 e. The average molecular weight is 619 g/mol. The molecular weight excluding hydrogens is 588 g/mol. The lowest BCUT2D eigenvalue weighted by molar-refractivity contribution is -0.119. The lowest BCUT2D eigenvalue weighted by atomic mass is 10.1. The number of ether oxygens (including phenoxy) is 1. The van der Waals surface area contributed by atoms with Gasteiger partial charge in [0.2, 0.25) is 0 Å². The van der Waals surface area contributed by atoms with E-state index in [1.807, 2.05) is 45.0 Å². The van der Waals surface area contributed by atoms with Gasteiger partial charge >= 0.3 is 0 Å². The molecule has 0 atom stereocenters. The zero-order valence-corrected chi connectivity index (χ0v) is 25.4. The molecule has 9 nitrogen and oxygen atoms in total. The van der Waals surface area contributed by atoms with Gasteiger partial charge < -0.3 is 10.1 Å². The number of hydrogen-bond acceptors (Lipinski definition) is 6. The van der Waals surface area contributed by atoms with Gasteiger partial charge in [0.05, 0.1) is 16.8 Å². The first kappa shape index (κ1) is 31.3. The number of nitrogens with one attached hydrogen (secondary N) is 2. The summed E-state index contributed by atoms with van der Waals surface area (Å²) in [5.41, 5.74) is 7.04. The molecule has 0 spiro atoms. The van der Waals surface area contributed by atoms with Crippen molar-refractivity contribution in [3.05, 3.63) is 118 Å². The van der Waals surface area contributed by atoms with Gasteiger partial charge in [-0.3, -0.25) is 13.9 Å². The highest BCUT2D eigenvalue weighted by molar-refractivity contribution is 7.92. The van der Waals surface area contributed by atoms with Gasteiger partial charge in [-0.15, -0.1) is 0 Å². The second kappa shape index (κ2) is 14.0. The van der Waals surface area contributed by atoms with E-state index >= 15 is 0 Å². The summed E-state index contributed by atoms with van der Waals surface area (Å²) in [4.78, 5) is 25.0. The second-order valence-corrected chi connectivity index (χ2v) is 12.1. The minimum absolute atomic E-state index is 0.00127. The summed E-state index contributed by atoms with van der Waals surface area (Å²) in [7, 11) is -4.09. The van der Waals surface area contributed by atoms with Crippen LogP contribution in [-0.2, 0) is 19.6 Å². The Balaban J connectivity index is 1.36. The molecule has 0 radical (unpaired) electrons. The van der Waals surface area contributed by atoms with Crippen molar-refractivity contribution < 1.29 is 22.7 Å². The third-order valence-electron chi connectivity index (χ3n) is 6.46. The average Bonchev–Trinajstić information content (AvgIpc) is 2.98. The number of carbonyl (C=O) groups excluding carboxylic acids is 2. The van der Waals surface area contributed by atoms with E-state index in [2.05, 4.69) is 15.8 Å². The number of hydrazone groups is 1. The van der Waals surface area contributed by atoms with Gasteiger partial charge in [0.1, 0.15) is 12.3 Å². The number of nitrogens with zero attached hydrogens (tertiary/aromatic N) is 2. The predicted molar refractivity (Wildman–Crippen MR) is 169 cm³/mol. The predicted octanol–water partition coefficient (Wildman–Crippen LogP) is 5.63. The van der Waals surface area contributed by atoms with Crippen LogP contribution in [0.3, 0.4) is 0 Å². The Hall–Kier alpha value is -4.67. The molecule has 0 unspecified atom stereocenters. The van der Waals surface area contributed by atoms with E-state index in [0.717, 1.165) is 21.0 Å². The van der Waals surface area contributed by atoms with Crippen LogP contribution in [0, 0.1) is 20.8 Å². The van der Waals surface area contributed by atoms with Crippen molar-refractivity contribution in [1.82, 2.24) is 5.43 Å². The van der Waals surface area contributed by atoms with E-state index in [1.54, 1.807) is 42.5 Å². The van der Waals surface area contributed by atoms with Crippen LogP contribution in [-0.4, -0.2) is 39.6 Å². The summed E-state index contributed by atoms with van der Waals surface area (Å²) < 4.78 is 33.6. The molecule has 4 aromatic rings. The van der Waals surface area contributed by atoms with Crippen molar-refractivity contribution in [2.75, 3.05) is 22.8 Å². The number of carbonyl (C=O) groups is 2. The van der Waals surface area contributed by atoms with E-state index in [-0.39, 0.29) is 17.4 Å². The zero-order valence-electron chi connectivity index (χ0n) is 23.9. The van der Waals surface area contributed by atoms with Gasteiger partial charge in [0.15, 0.2) is 6.61 Å². The minimum atomic E-state index is -4.09. The summed E-state index contributed by atoms with van der Waals surface area (Å²) in [6.45, 7) is 5.10. The number of amides is 2. The maximum atomic E-state index is 13.5. The molecule has 0 aliphatic rings. The normalized spacial score (nSPS) is 11.3. The Morgan fingerprint density at radius 2 is 1.53 bits per heavy atom. The van der Waals surface area contributed by atoms with Crippen LogP contribution in [0.25, 0.3) is 0 Å². The standard InChI is InChI=1S/C32H31ClN4O5S/c1-22-4-11-27(12-5-22)35-32(39)21-42-29-14-7-25(8-15-29)19-34-36-31(38)20-37(28-13-6-23(2)24(3)18-28)43(40,41)30-16-9-26(33)10-17-30/h4-19H,20-21H2,1-3H3,(H,35,39)(H,36,38)/b34-19-. The fraction of sp³-hybridized carbons (Fsp3) is 0.156. The third kappa shape index (κ3) is 8.67. The third-order valence-corrected chi connectivity index (χ3v) is 8.50. The van der Waals surface area contributed by atoms with Gasteiger partial charge in [-0.1, -0.05) is 35.4 Å². The number of rotatable bonds is 11. The zero-order chi connectivity index (χ0) is 31.0. The molecule has 0 aliphatic heterocycles. The van der Waals surface area contributed by atoms with E-state index in [1.165, 1.54) is 30.5 Å². The van der Waals surface area contributed by atoms with Crippen LogP contribution >= 0.6 is 11.6 Å². The number of anilines is 2. The fourth-order valence-electron chi connectivity index (χ4n) is 3.91. The molecule has 0 fully saturated rings. The number of halogens is 1. The SMILES string of the molecule is Cc1ccc(NC(=O)COc2ccc(/C=N\NC(=O)CN(c3ccc(C)c(C)c3)S(=O)(=O)c3ccc(Cl)cc3)cc2)cc1. The van der Waals surface area contributed by atoms with E-state index in [4.69, 9.17) is 16.3 Å². The van der Waals surface area contributed by atoms with Crippen LogP contribution in [0.2, 0.25) is 5.02 Å². The van der Waals surface area contributed by atoms with Crippen LogP contribution in [0.5, 0.6) is 5.75 Å².